The number of hydrogen-bond donors (Lipinski definition) is 2. The third-order valence-corrected chi connectivity index (χ3v) is 3.24. The van der Waals surface area contributed by atoms with E-state index in [9.17, 15) is 4.79 Å². The predicted molar refractivity (Wildman–Crippen MR) is 70.3 cm³/mol. The van der Waals surface area contributed by atoms with Crippen LogP contribution in [0.25, 0.3) is 0 Å². The van der Waals surface area contributed by atoms with Crippen LogP contribution in [0.2, 0.25) is 0 Å². The van der Waals surface area contributed by atoms with Gasteiger partial charge in [-0.05, 0) is 25.7 Å². The summed E-state index contributed by atoms with van der Waals surface area (Å²) < 4.78 is 11.0. The highest BCUT2D eigenvalue weighted by atomic mass is 16.5. The molecule has 1 fully saturated rings. The van der Waals surface area contributed by atoms with E-state index in [1.807, 2.05) is 6.92 Å². The van der Waals surface area contributed by atoms with Gasteiger partial charge in [-0.3, -0.25) is 4.79 Å². The topological polar surface area (TPSA) is 73.6 Å². The van der Waals surface area contributed by atoms with Crippen molar-refractivity contribution in [1.82, 2.24) is 5.32 Å². The molecule has 1 amide bonds. The molecule has 1 rings (SSSR count). The maximum absolute atomic E-state index is 11.6. The van der Waals surface area contributed by atoms with Crippen molar-refractivity contribution >= 4 is 5.91 Å². The van der Waals surface area contributed by atoms with Crippen LogP contribution in [0.15, 0.2) is 0 Å². The normalized spacial score (nSPS) is 20.9. The molecular formula is C13H26N2O3. The zero-order valence-electron chi connectivity index (χ0n) is 11.3. The van der Waals surface area contributed by atoms with Crippen molar-refractivity contribution in [3.8, 4) is 0 Å². The smallest absolute Gasteiger partial charge is 0.224 e. The van der Waals surface area contributed by atoms with Crippen LogP contribution in [0.1, 0.15) is 32.6 Å². The van der Waals surface area contributed by atoms with Crippen molar-refractivity contribution in [1.29, 1.82) is 0 Å². The molecule has 5 nitrogen and oxygen atoms in total. The molecule has 0 aromatic heterocycles. The monoisotopic (exact) mass is 258 g/mol. The number of nitrogens with one attached hydrogen (secondary N) is 1. The van der Waals surface area contributed by atoms with Crippen LogP contribution in [0.4, 0.5) is 0 Å². The van der Waals surface area contributed by atoms with Crippen molar-refractivity contribution in [2.45, 2.75) is 38.7 Å². The number of hydrogen-bond acceptors (Lipinski definition) is 4. The fraction of sp³-hybridized carbons (Fsp3) is 0.923. The van der Waals surface area contributed by atoms with E-state index in [1.54, 1.807) is 0 Å². The number of carbonyl (C=O) groups is 1. The molecule has 1 aliphatic heterocycles. The van der Waals surface area contributed by atoms with Gasteiger partial charge >= 0.3 is 0 Å². The van der Waals surface area contributed by atoms with Gasteiger partial charge in [0.2, 0.25) is 5.91 Å². The minimum absolute atomic E-state index is 0.0547. The number of carbonyl (C=O) groups excluding carboxylic acids is 1. The zero-order valence-corrected chi connectivity index (χ0v) is 11.3. The summed E-state index contributed by atoms with van der Waals surface area (Å²) in [6.45, 7) is 5.25. The third-order valence-electron chi connectivity index (χ3n) is 3.24. The van der Waals surface area contributed by atoms with Crippen LogP contribution >= 0.6 is 0 Å². The molecule has 106 valence electrons. The third kappa shape index (κ3) is 5.80. The second kappa shape index (κ2) is 9.30. The lowest BCUT2D eigenvalue weighted by Gasteiger charge is -2.13. The predicted octanol–water partition coefficient (Wildman–Crippen LogP) is 0.673. The van der Waals surface area contributed by atoms with Gasteiger partial charge in [-0.2, -0.15) is 0 Å². The average Bonchev–Trinajstić information content (AvgIpc) is 2.88. The van der Waals surface area contributed by atoms with Crippen LogP contribution < -0.4 is 11.1 Å². The van der Waals surface area contributed by atoms with E-state index >= 15 is 0 Å². The molecule has 0 bridgehead atoms. The standard InChI is InChI=1S/C13H26N2O3/c1-2-11(9-14)13(16)15-6-4-7-17-10-12-5-3-8-18-12/h11-12H,2-10,14H2,1H3,(H,15,16). The van der Waals surface area contributed by atoms with E-state index in [0.29, 0.717) is 26.3 Å². The SMILES string of the molecule is CCC(CN)C(=O)NCCCOCC1CCCO1. The van der Waals surface area contributed by atoms with Crippen LogP contribution in [0.5, 0.6) is 0 Å². The van der Waals surface area contributed by atoms with Crippen molar-refractivity contribution in [2.24, 2.45) is 11.7 Å². The summed E-state index contributed by atoms with van der Waals surface area (Å²) in [6, 6.07) is 0. The summed E-state index contributed by atoms with van der Waals surface area (Å²) in [5.41, 5.74) is 5.51. The maximum Gasteiger partial charge on any atom is 0.224 e. The van der Waals surface area contributed by atoms with E-state index in [1.165, 1.54) is 0 Å². The van der Waals surface area contributed by atoms with Crippen LogP contribution in [-0.4, -0.2) is 44.9 Å². The number of ether oxygens (including phenoxy) is 2. The molecule has 0 aromatic carbocycles. The Morgan fingerprint density at radius 3 is 3.06 bits per heavy atom. The summed E-state index contributed by atoms with van der Waals surface area (Å²) in [6.07, 6.45) is 4.14. The highest BCUT2D eigenvalue weighted by Gasteiger charge is 2.15. The van der Waals surface area contributed by atoms with Gasteiger partial charge in [-0.1, -0.05) is 6.92 Å². The molecule has 1 aliphatic rings. The lowest BCUT2D eigenvalue weighted by atomic mass is 10.1. The zero-order chi connectivity index (χ0) is 13.2. The van der Waals surface area contributed by atoms with Gasteiger partial charge in [-0.15, -0.1) is 0 Å². The largest absolute Gasteiger partial charge is 0.379 e. The summed E-state index contributed by atoms with van der Waals surface area (Å²) >= 11 is 0. The molecule has 0 aromatic rings. The lowest BCUT2D eigenvalue weighted by Crippen LogP contribution is -2.35. The van der Waals surface area contributed by atoms with Gasteiger partial charge in [0.25, 0.3) is 0 Å². The Morgan fingerprint density at radius 2 is 2.44 bits per heavy atom. The molecule has 18 heavy (non-hydrogen) atoms. The Hall–Kier alpha value is -0.650. The Bertz CT molecular complexity index is 226. The Labute approximate surface area is 109 Å². The number of nitrogens with two attached hydrogens (primary N) is 1. The van der Waals surface area contributed by atoms with Gasteiger partial charge in [-0.25, -0.2) is 0 Å². The molecule has 1 heterocycles. The Morgan fingerprint density at radius 1 is 1.61 bits per heavy atom. The second-order valence-corrected chi connectivity index (χ2v) is 4.70. The summed E-state index contributed by atoms with van der Waals surface area (Å²) in [5.74, 6) is -0.00284. The second-order valence-electron chi connectivity index (χ2n) is 4.70. The highest BCUT2D eigenvalue weighted by Crippen LogP contribution is 2.11. The first-order valence-electron chi connectivity index (χ1n) is 6.95. The summed E-state index contributed by atoms with van der Waals surface area (Å²) in [4.78, 5) is 11.6. The molecule has 1 saturated heterocycles. The molecule has 0 saturated carbocycles. The van der Waals surface area contributed by atoms with Crippen molar-refractivity contribution in [3.05, 3.63) is 0 Å². The van der Waals surface area contributed by atoms with E-state index in [0.717, 1.165) is 32.3 Å². The first-order chi connectivity index (χ1) is 8.77. The quantitative estimate of drug-likeness (QED) is 0.596. The molecule has 0 spiro atoms. The van der Waals surface area contributed by atoms with Crippen LogP contribution in [-0.2, 0) is 14.3 Å². The average molecular weight is 258 g/mol. The van der Waals surface area contributed by atoms with Crippen molar-refractivity contribution in [2.75, 3.05) is 32.9 Å². The van der Waals surface area contributed by atoms with Crippen molar-refractivity contribution < 1.29 is 14.3 Å². The molecule has 2 atom stereocenters. The molecule has 0 aliphatic carbocycles. The van der Waals surface area contributed by atoms with Gasteiger partial charge < -0.3 is 20.5 Å². The van der Waals surface area contributed by atoms with Gasteiger partial charge in [0.15, 0.2) is 0 Å². The molecule has 0 radical (unpaired) electrons. The maximum atomic E-state index is 11.6. The van der Waals surface area contributed by atoms with E-state index in [-0.39, 0.29) is 17.9 Å². The van der Waals surface area contributed by atoms with Gasteiger partial charge in [0.1, 0.15) is 0 Å². The van der Waals surface area contributed by atoms with Crippen LogP contribution in [0.3, 0.4) is 0 Å². The molecule has 5 heteroatoms. The van der Waals surface area contributed by atoms with E-state index in [2.05, 4.69) is 5.32 Å². The summed E-state index contributed by atoms with van der Waals surface area (Å²) in [7, 11) is 0. The number of amides is 1. The fourth-order valence-corrected chi connectivity index (χ4v) is 1.98. The molecule has 2 unspecified atom stereocenters. The minimum atomic E-state index is -0.0576. The van der Waals surface area contributed by atoms with Gasteiger partial charge in [0.05, 0.1) is 12.7 Å². The minimum Gasteiger partial charge on any atom is -0.379 e. The number of rotatable bonds is 9. The first kappa shape index (κ1) is 15.4. The fourth-order valence-electron chi connectivity index (χ4n) is 1.98. The lowest BCUT2D eigenvalue weighted by molar-refractivity contribution is -0.124. The molecular weight excluding hydrogens is 232 g/mol. The Kier molecular flexibility index (Phi) is 7.96. The van der Waals surface area contributed by atoms with E-state index < -0.39 is 0 Å². The van der Waals surface area contributed by atoms with Crippen LogP contribution in [0, 0.1) is 5.92 Å². The summed E-state index contributed by atoms with van der Waals surface area (Å²) in [5, 5.41) is 2.88. The van der Waals surface area contributed by atoms with E-state index in [4.69, 9.17) is 15.2 Å². The molecule has 3 N–H and O–H groups in total. The van der Waals surface area contributed by atoms with Gasteiger partial charge in [0, 0.05) is 32.2 Å². The highest BCUT2D eigenvalue weighted by molar-refractivity contribution is 5.78. The van der Waals surface area contributed by atoms with Crippen molar-refractivity contribution in [3.63, 3.8) is 0 Å². The Balaban J connectivity index is 1.92. The first-order valence-corrected chi connectivity index (χ1v) is 6.95.